The van der Waals surface area contributed by atoms with Crippen LogP contribution in [-0.2, 0) is 0 Å². The van der Waals surface area contributed by atoms with Crippen LogP contribution in [0.2, 0.25) is 0 Å². The molecule has 0 aliphatic carbocycles. The van der Waals surface area contributed by atoms with Crippen molar-refractivity contribution in [2.24, 2.45) is 5.92 Å². The van der Waals surface area contributed by atoms with Gasteiger partial charge in [-0.25, -0.2) is 4.39 Å². The van der Waals surface area contributed by atoms with Crippen molar-refractivity contribution in [3.63, 3.8) is 0 Å². The number of benzene rings is 1. The van der Waals surface area contributed by atoms with E-state index in [4.69, 9.17) is 0 Å². The number of aliphatic hydroxyl groups excluding tert-OH is 1. The molecule has 3 nitrogen and oxygen atoms in total. The zero-order valence-corrected chi connectivity index (χ0v) is 12.6. The van der Waals surface area contributed by atoms with Crippen LogP contribution >= 0.6 is 0 Å². The summed E-state index contributed by atoms with van der Waals surface area (Å²) in [6.45, 7) is 5.75. The Morgan fingerprint density at radius 1 is 1.30 bits per heavy atom. The molecule has 0 radical (unpaired) electrons. The number of hydrogen-bond acceptors (Lipinski definition) is 3. The molecule has 2 N–H and O–H groups in total. The molecule has 1 aliphatic rings. The molecule has 1 saturated heterocycles. The lowest BCUT2D eigenvalue weighted by molar-refractivity contribution is 0.110. The van der Waals surface area contributed by atoms with Crippen LogP contribution in [0.25, 0.3) is 0 Å². The van der Waals surface area contributed by atoms with Crippen LogP contribution in [0.4, 0.5) is 10.1 Å². The van der Waals surface area contributed by atoms with Gasteiger partial charge in [-0.2, -0.15) is 0 Å². The van der Waals surface area contributed by atoms with Crippen LogP contribution < -0.4 is 10.2 Å². The first-order valence-electron chi connectivity index (χ1n) is 7.42. The predicted molar refractivity (Wildman–Crippen MR) is 80.5 cm³/mol. The van der Waals surface area contributed by atoms with Gasteiger partial charge in [-0.1, -0.05) is 0 Å². The van der Waals surface area contributed by atoms with Gasteiger partial charge in [0, 0.05) is 24.8 Å². The van der Waals surface area contributed by atoms with Crippen molar-refractivity contribution in [3.05, 3.63) is 29.6 Å². The summed E-state index contributed by atoms with van der Waals surface area (Å²) >= 11 is 0. The first kappa shape index (κ1) is 15.3. The minimum absolute atomic E-state index is 0.121. The Morgan fingerprint density at radius 3 is 2.50 bits per heavy atom. The molecule has 2 unspecified atom stereocenters. The van der Waals surface area contributed by atoms with Gasteiger partial charge in [0.1, 0.15) is 5.82 Å². The van der Waals surface area contributed by atoms with Crippen molar-refractivity contribution in [1.29, 1.82) is 0 Å². The highest BCUT2D eigenvalue weighted by molar-refractivity contribution is 5.55. The van der Waals surface area contributed by atoms with Gasteiger partial charge in [0.25, 0.3) is 0 Å². The third-order valence-electron chi connectivity index (χ3n) is 4.45. The molecule has 1 fully saturated rings. The average Bonchev–Trinajstić information content (AvgIpc) is 2.46. The maximum absolute atomic E-state index is 13.5. The zero-order valence-electron chi connectivity index (χ0n) is 12.6. The highest BCUT2D eigenvalue weighted by Crippen LogP contribution is 2.31. The summed E-state index contributed by atoms with van der Waals surface area (Å²) in [6, 6.07) is 5.15. The normalized spacial score (nSPS) is 19.9. The Hall–Kier alpha value is -1.13. The van der Waals surface area contributed by atoms with E-state index in [9.17, 15) is 9.50 Å². The fourth-order valence-electron chi connectivity index (χ4n) is 2.94. The van der Waals surface area contributed by atoms with Gasteiger partial charge in [0.2, 0.25) is 0 Å². The molecule has 112 valence electrons. The fourth-order valence-corrected chi connectivity index (χ4v) is 2.94. The third kappa shape index (κ3) is 3.30. The lowest BCUT2D eigenvalue weighted by Gasteiger charge is -2.36. The van der Waals surface area contributed by atoms with Crippen LogP contribution in [0.5, 0.6) is 0 Å². The number of hydrogen-bond donors (Lipinski definition) is 2. The maximum Gasteiger partial charge on any atom is 0.123 e. The largest absolute Gasteiger partial charge is 0.393 e. The number of nitrogens with zero attached hydrogens (tertiary/aromatic N) is 1. The van der Waals surface area contributed by atoms with Gasteiger partial charge in [0.05, 0.1) is 6.10 Å². The second kappa shape index (κ2) is 6.55. The monoisotopic (exact) mass is 280 g/mol. The Balaban J connectivity index is 2.17. The fraction of sp³-hybridized carbons (Fsp3) is 0.625. The summed E-state index contributed by atoms with van der Waals surface area (Å²) in [5.41, 5.74) is 2.11. The van der Waals surface area contributed by atoms with Gasteiger partial charge < -0.3 is 15.3 Å². The number of halogens is 1. The first-order chi connectivity index (χ1) is 9.52. The van der Waals surface area contributed by atoms with Gasteiger partial charge in [-0.05, 0) is 63.4 Å². The molecule has 0 aromatic heterocycles. The molecule has 2 rings (SSSR count). The first-order valence-corrected chi connectivity index (χ1v) is 7.42. The molecular weight excluding hydrogens is 255 g/mol. The van der Waals surface area contributed by atoms with Gasteiger partial charge in [0.15, 0.2) is 0 Å². The molecule has 4 heteroatoms. The molecule has 2 atom stereocenters. The Kier molecular flexibility index (Phi) is 5.00. The van der Waals surface area contributed by atoms with E-state index in [-0.39, 0.29) is 18.0 Å². The molecule has 1 heterocycles. The Morgan fingerprint density at radius 2 is 1.95 bits per heavy atom. The summed E-state index contributed by atoms with van der Waals surface area (Å²) < 4.78 is 13.5. The van der Waals surface area contributed by atoms with Crippen molar-refractivity contribution in [3.8, 4) is 0 Å². The molecule has 1 aliphatic heterocycles. The standard InChI is InChI=1S/C16H25FN2O/c1-11(18-3)15-10-14(17)4-5-16(15)19-8-6-13(7-9-19)12(2)20/h4-5,10-13,18,20H,6-9H2,1-3H3. The van der Waals surface area contributed by atoms with Crippen LogP contribution in [0.1, 0.15) is 38.3 Å². The second-order valence-corrected chi connectivity index (χ2v) is 5.78. The minimum Gasteiger partial charge on any atom is -0.393 e. The third-order valence-corrected chi connectivity index (χ3v) is 4.45. The molecule has 0 amide bonds. The quantitative estimate of drug-likeness (QED) is 0.890. The molecule has 1 aromatic carbocycles. The average molecular weight is 280 g/mol. The van der Waals surface area contributed by atoms with Crippen LogP contribution in [-0.4, -0.2) is 31.3 Å². The van der Waals surface area contributed by atoms with Gasteiger partial charge in [-0.3, -0.25) is 0 Å². The molecule has 0 bridgehead atoms. The number of piperidine rings is 1. The van der Waals surface area contributed by atoms with E-state index < -0.39 is 0 Å². The summed E-state index contributed by atoms with van der Waals surface area (Å²) in [7, 11) is 1.89. The summed E-state index contributed by atoms with van der Waals surface area (Å²) in [5, 5.41) is 12.9. The minimum atomic E-state index is -0.235. The van der Waals surface area contributed by atoms with Crippen molar-refractivity contribution in [2.75, 3.05) is 25.0 Å². The van der Waals surface area contributed by atoms with Gasteiger partial charge in [-0.15, -0.1) is 0 Å². The smallest absolute Gasteiger partial charge is 0.123 e. The highest BCUT2D eigenvalue weighted by atomic mass is 19.1. The van der Waals surface area contributed by atoms with Crippen molar-refractivity contribution in [1.82, 2.24) is 5.32 Å². The van der Waals surface area contributed by atoms with E-state index in [1.54, 1.807) is 6.07 Å². The highest BCUT2D eigenvalue weighted by Gasteiger charge is 2.24. The van der Waals surface area contributed by atoms with E-state index in [0.29, 0.717) is 5.92 Å². The number of nitrogens with one attached hydrogen (secondary N) is 1. The molecule has 1 aromatic rings. The summed E-state index contributed by atoms with van der Waals surface area (Å²) in [5.74, 6) is 0.196. The lowest BCUT2D eigenvalue weighted by Crippen LogP contribution is -2.37. The Labute approximate surface area is 120 Å². The van der Waals surface area contributed by atoms with E-state index in [2.05, 4.69) is 10.2 Å². The van der Waals surface area contributed by atoms with E-state index in [0.717, 1.165) is 37.2 Å². The molecule has 20 heavy (non-hydrogen) atoms. The van der Waals surface area contributed by atoms with E-state index in [1.165, 1.54) is 6.07 Å². The molecule has 0 saturated carbocycles. The number of rotatable bonds is 4. The number of anilines is 1. The van der Waals surface area contributed by atoms with Crippen LogP contribution in [0.3, 0.4) is 0 Å². The Bertz CT molecular complexity index is 442. The number of aliphatic hydroxyl groups is 1. The van der Waals surface area contributed by atoms with Crippen molar-refractivity contribution in [2.45, 2.75) is 38.8 Å². The lowest BCUT2D eigenvalue weighted by atomic mass is 9.91. The van der Waals surface area contributed by atoms with Crippen LogP contribution in [0, 0.1) is 11.7 Å². The zero-order chi connectivity index (χ0) is 14.7. The summed E-state index contributed by atoms with van der Waals surface area (Å²) in [4.78, 5) is 2.31. The SMILES string of the molecule is CNC(C)c1cc(F)ccc1N1CCC(C(C)O)CC1. The van der Waals surface area contributed by atoms with E-state index >= 15 is 0 Å². The van der Waals surface area contributed by atoms with Crippen LogP contribution in [0.15, 0.2) is 18.2 Å². The predicted octanol–water partition coefficient (Wildman–Crippen LogP) is 2.70. The van der Waals surface area contributed by atoms with Crippen molar-refractivity contribution >= 4 is 5.69 Å². The summed E-state index contributed by atoms with van der Waals surface area (Å²) in [6.07, 6.45) is 1.74. The molecule has 0 spiro atoms. The van der Waals surface area contributed by atoms with Crippen molar-refractivity contribution < 1.29 is 9.50 Å². The topological polar surface area (TPSA) is 35.5 Å². The van der Waals surface area contributed by atoms with E-state index in [1.807, 2.05) is 27.0 Å². The molecular formula is C16H25FN2O. The second-order valence-electron chi connectivity index (χ2n) is 5.78. The van der Waals surface area contributed by atoms with Gasteiger partial charge >= 0.3 is 0 Å². The maximum atomic E-state index is 13.5.